The molecule has 0 aromatic carbocycles. The average molecular weight is 256 g/mol. The van der Waals surface area contributed by atoms with Gasteiger partial charge < -0.3 is 10.5 Å². The van der Waals surface area contributed by atoms with E-state index < -0.39 is 0 Å². The molecule has 0 amide bonds. The van der Waals surface area contributed by atoms with E-state index in [0.717, 1.165) is 19.6 Å². The standard InChI is InChI=1S/C15H32N2O/c1-5-6-7-8-9-14(10-16)17-11-13(2)18-15(3,4)12-17/h13-14H,5-12,16H2,1-4H3. The number of hydrogen-bond acceptors (Lipinski definition) is 3. The molecule has 0 aromatic rings. The monoisotopic (exact) mass is 256 g/mol. The van der Waals surface area contributed by atoms with Gasteiger partial charge in [-0.1, -0.05) is 32.6 Å². The van der Waals surface area contributed by atoms with Crippen molar-refractivity contribution >= 4 is 0 Å². The summed E-state index contributed by atoms with van der Waals surface area (Å²) in [5, 5.41) is 0. The molecule has 2 atom stereocenters. The molecule has 0 bridgehead atoms. The van der Waals surface area contributed by atoms with Crippen molar-refractivity contribution in [3.8, 4) is 0 Å². The second kappa shape index (κ2) is 7.46. The highest BCUT2D eigenvalue weighted by molar-refractivity contribution is 4.86. The normalized spacial score (nSPS) is 26.2. The molecule has 0 spiro atoms. The minimum absolute atomic E-state index is 0.0332. The summed E-state index contributed by atoms with van der Waals surface area (Å²) in [6.45, 7) is 11.6. The molecule has 0 radical (unpaired) electrons. The van der Waals surface area contributed by atoms with E-state index in [9.17, 15) is 0 Å². The van der Waals surface area contributed by atoms with Crippen LogP contribution in [0.5, 0.6) is 0 Å². The Hall–Kier alpha value is -0.120. The molecule has 1 rings (SSSR count). The Bertz CT molecular complexity index is 231. The maximum absolute atomic E-state index is 5.97. The highest BCUT2D eigenvalue weighted by Crippen LogP contribution is 2.23. The van der Waals surface area contributed by atoms with E-state index in [-0.39, 0.29) is 5.60 Å². The predicted molar refractivity (Wildman–Crippen MR) is 77.8 cm³/mol. The minimum atomic E-state index is -0.0332. The van der Waals surface area contributed by atoms with E-state index in [4.69, 9.17) is 10.5 Å². The third kappa shape index (κ3) is 5.25. The van der Waals surface area contributed by atoms with Crippen LogP contribution in [0.4, 0.5) is 0 Å². The summed E-state index contributed by atoms with van der Waals surface area (Å²) in [7, 11) is 0. The molecule has 1 aliphatic heterocycles. The van der Waals surface area contributed by atoms with E-state index >= 15 is 0 Å². The van der Waals surface area contributed by atoms with Gasteiger partial charge in [0.05, 0.1) is 11.7 Å². The second-order valence-corrected chi connectivity index (χ2v) is 6.36. The Kier molecular flexibility index (Phi) is 6.61. The van der Waals surface area contributed by atoms with Gasteiger partial charge in [-0.05, 0) is 27.2 Å². The number of nitrogens with two attached hydrogens (primary N) is 1. The first-order valence-corrected chi connectivity index (χ1v) is 7.60. The highest BCUT2D eigenvalue weighted by Gasteiger charge is 2.33. The van der Waals surface area contributed by atoms with E-state index in [1.165, 1.54) is 32.1 Å². The Morgan fingerprint density at radius 2 is 2.06 bits per heavy atom. The van der Waals surface area contributed by atoms with Crippen LogP contribution in [-0.2, 0) is 4.74 Å². The van der Waals surface area contributed by atoms with Gasteiger partial charge in [-0.25, -0.2) is 0 Å². The maximum atomic E-state index is 5.97. The Labute approximate surface area is 113 Å². The predicted octanol–water partition coefficient (Wildman–Crippen LogP) is 2.78. The van der Waals surface area contributed by atoms with Crippen LogP contribution in [0, 0.1) is 0 Å². The molecule has 1 saturated heterocycles. The molecule has 2 unspecified atom stereocenters. The van der Waals surface area contributed by atoms with Crippen molar-refractivity contribution in [3.05, 3.63) is 0 Å². The van der Waals surface area contributed by atoms with Crippen LogP contribution >= 0.6 is 0 Å². The third-order valence-corrected chi connectivity index (χ3v) is 3.78. The van der Waals surface area contributed by atoms with Crippen molar-refractivity contribution in [2.45, 2.75) is 77.5 Å². The van der Waals surface area contributed by atoms with E-state index in [1.807, 2.05) is 0 Å². The van der Waals surface area contributed by atoms with Crippen LogP contribution < -0.4 is 5.73 Å². The number of ether oxygens (including phenoxy) is 1. The lowest BCUT2D eigenvalue weighted by Gasteiger charge is -2.45. The molecule has 108 valence electrons. The Morgan fingerprint density at radius 1 is 1.33 bits per heavy atom. The fraction of sp³-hybridized carbons (Fsp3) is 1.00. The zero-order valence-corrected chi connectivity index (χ0v) is 12.7. The molecule has 1 aliphatic rings. The molecule has 0 aliphatic carbocycles. The number of morpholine rings is 1. The fourth-order valence-corrected chi connectivity index (χ4v) is 3.04. The van der Waals surface area contributed by atoms with Crippen molar-refractivity contribution in [1.82, 2.24) is 4.90 Å². The van der Waals surface area contributed by atoms with Gasteiger partial charge in [0.1, 0.15) is 0 Å². The first kappa shape index (κ1) is 15.9. The molecule has 3 heteroatoms. The number of unbranched alkanes of at least 4 members (excludes halogenated alkanes) is 3. The van der Waals surface area contributed by atoms with E-state index in [0.29, 0.717) is 12.1 Å². The summed E-state index contributed by atoms with van der Waals surface area (Å²) in [4.78, 5) is 2.54. The molecule has 0 saturated carbocycles. The van der Waals surface area contributed by atoms with Gasteiger partial charge in [-0.15, -0.1) is 0 Å². The zero-order chi connectivity index (χ0) is 13.6. The molecule has 2 N–H and O–H groups in total. The van der Waals surface area contributed by atoms with Gasteiger partial charge in [0.25, 0.3) is 0 Å². The quantitative estimate of drug-likeness (QED) is 0.712. The van der Waals surface area contributed by atoms with Gasteiger partial charge in [0.15, 0.2) is 0 Å². The summed E-state index contributed by atoms with van der Waals surface area (Å²) >= 11 is 0. The largest absolute Gasteiger partial charge is 0.370 e. The fourth-order valence-electron chi connectivity index (χ4n) is 3.04. The second-order valence-electron chi connectivity index (χ2n) is 6.36. The lowest BCUT2D eigenvalue weighted by atomic mass is 10.00. The van der Waals surface area contributed by atoms with Crippen LogP contribution in [0.15, 0.2) is 0 Å². The van der Waals surface area contributed by atoms with Crippen molar-refractivity contribution in [1.29, 1.82) is 0 Å². The van der Waals surface area contributed by atoms with Gasteiger partial charge in [0, 0.05) is 25.7 Å². The van der Waals surface area contributed by atoms with Crippen LogP contribution in [0.2, 0.25) is 0 Å². The number of rotatable bonds is 7. The van der Waals surface area contributed by atoms with Crippen molar-refractivity contribution in [2.24, 2.45) is 5.73 Å². The summed E-state index contributed by atoms with van der Waals surface area (Å²) in [5.74, 6) is 0. The average Bonchev–Trinajstić information content (AvgIpc) is 2.26. The number of hydrogen-bond donors (Lipinski definition) is 1. The molecular formula is C15H32N2O. The van der Waals surface area contributed by atoms with Crippen LogP contribution in [0.3, 0.4) is 0 Å². The molecule has 1 heterocycles. The first-order chi connectivity index (χ1) is 8.48. The topological polar surface area (TPSA) is 38.5 Å². The highest BCUT2D eigenvalue weighted by atomic mass is 16.5. The molecule has 3 nitrogen and oxygen atoms in total. The summed E-state index contributed by atoms with van der Waals surface area (Å²) in [6.07, 6.45) is 6.85. The molecular weight excluding hydrogens is 224 g/mol. The lowest BCUT2D eigenvalue weighted by Crippen LogP contribution is -2.56. The maximum Gasteiger partial charge on any atom is 0.0757 e. The Balaban J connectivity index is 2.43. The lowest BCUT2D eigenvalue weighted by molar-refractivity contribution is -0.137. The Morgan fingerprint density at radius 3 is 2.61 bits per heavy atom. The molecule has 1 fully saturated rings. The van der Waals surface area contributed by atoms with Gasteiger partial charge in [0.2, 0.25) is 0 Å². The summed E-state index contributed by atoms with van der Waals surface area (Å²) in [5.41, 5.74) is 5.94. The van der Waals surface area contributed by atoms with Gasteiger partial charge in [-0.3, -0.25) is 4.90 Å². The van der Waals surface area contributed by atoms with Crippen molar-refractivity contribution < 1.29 is 4.74 Å². The summed E-state index contributed by atoms with van der Waals surface area (Å²) in [6, 6.07) is 0.535. The molecule has 18 heavy (non-hydrogen) atoms. The van der Waals surface area contributed by atoms with Crippen molar-refractivity contribution in [2.75, 3.05) is 19.6 Å². The smallest absolute Gasteiger partial charge is 0.0757 e. The van der Waals surface area contributed by atoms with Crippen LogP contribution in [-0.4, -0.2) is 42.3 Å². The number of nitrogens with zero attached hydrogens (tertiary/aromatic N) is 1. The van der Waals surface area contributed by atoms with Crippen LogP contribution in [0.25, 0.3) is 0 Å². The van der Waals surface area contributed by atoms with E-state index in [2.05, 4.69) is 32.6 Å². The minimum Gasteiger partial charge on any atom is -0.370 e. The summed E-state index contributed by atoms with van der Waals surface area (Å²) < 4.78 is 5.96. The van der Waals surface area contributed by atoms with Crippen LogP contribution in [0.1, 0.15) is 59.8 Å². The SMILES string of the molecule is CCCCCCC(CN)N1CC(C)OC(C)(C)C1. The van der Waals surface area contributed by atoms with Crippen molar-refractivity contribution in [3.63, 3.8) is 0 Å². The molecule has 0 aromatic heterocycles. The van der Waals surface area contributed by atoms with E-state index in [1.54, 1.807) is 0 Å². The zero-order valence-electron chi connectivity index (χ0n) is 12.7. The third-order valence-electron chi connectivity index (χ3n) is 3.78. The first-order valence-electron chi connectivity index (χ1n) is 7.60. The van der Waals surface area contributed by atoms with Gasteiger partial charge in [-0.2, -0.15) is 0 Å². The van der Waals surface area contributed by atoms with Gasteiger partial charge >= 0.3 is 0 Å².